The van der Waals surface area contributed by atoms with Crippen molar-refractivity contribution >= 4 is 29.6 Å². The smallest absolute Gasteiger partial charge is 0.407 e. The standard InChI is InChI=1S/C32H37ClN2O6/c1-18(2)14-26-24(16-34-31(39)41-32(5,6)7)28(21-10-8-19(3)9-11-21)27(20(4)35-26)30(38)40-17-23-13-12-22(29(36)37)15-25(23)33/h8-13,15,18H,14,16-17H2,1-7H3,(H,34,39)(H,36,37). The van der Waals surface area contributed by atoms with E-state index in [1.54, 1.807) is 27.7 Å². The normalized spacial score (nSPS) is 11.3. The molecule has 0 aliphatic carbocycles. The Morgan fingerprint density at radius 3 is 2.27 bits per heavy atom. The number of nitrogens with zero attached hydrogens (tertiary/aromatic N) is 1. The SMILES string of the molecule is Cc1ccc(-c2c(CNC(=O)OC(C)(C)C)c(CC(C)C)nc(C)c2C(=O)OCc2ccc(C(=O)O)cc2Cl)cc1. The summed E-state index contributed by atoms with van der Waals surface area (Å²) >= 11 is 6.27. The van der Waals surface area contributed by atoms with E-state index in [2.05, 4.69) is 19.2 Å². The number of aryl methyl sites for hydroxylation is 2. The third-order valence-electron chi connectivity index (χ3n) is 6.18. The van der Waals surface area contributed by atoms with E-state index in [4.69, 9.17) is 26.1 Å². The molecule has 1 heterocycles. The number of hydrogen-bond acceptors (Lipinski definition) is 6. The first-order valence-electron chi connectivity index (χ1n) is 13.4. The number of halogens is 1. The van der Waals surface area contributed by atoms with Crippen LogP contribution in [0.3, 0.4) is 0 Å². The highest BCUT2D eigenvalue weighted by Gasteiger charge is 2.26. The van der Waals surface area contributed by atoms with Crippen LogP contribution in [0, 0.1) is 19.8 Å². The molecule has 1 amide bonds. The second-order valence-corrected chi connectivity index (χ2v) is 11.8. The number of alkyl carbamates (subject to hydrolysis) is 1. The van der Waals surface area contributed by atoms with Crippen LogP contribution in [0.25, 0.3) is 11.1 Å². The Hall–Kier alpha value is -3.91. The number of rotatable bonds is 9. The number of ether oxygens (including phenoxy) is 2. The van der Waals surface area contributed by atoms with Gasteiger partial charge in [-0.05, 0) is 64.7 Å². The van der Waals surface area contributed by atoms with E-state index in [1.807, 2.05) is 31.2 Å². The van der Waals surface area contributed by atoms with Crippen molar-refractivity contribution in [1.82, 2.24) is 10.3 Å². The van der Waals surface area contributed by atoms with Crippen LogP contribution < -0.4 is 5.32 Å². The Balaban J connectivity index is 2.09. The highest BCUT2D eigenvalue weighted by molar-refractivity contribution is 6.31. The fourth-order valence-electron chi connectivity index (χ4n) is 4.32. The van der Waals surface area contributed by atoms with Crippen LogP contribution in [0.1, 0.15) is 83.4 Å². The summed E-state index contributed by atoms with van der Waals surface area (Å²) in [6.45, 7) is 13.2. The average Bonchev–Trinajstić information content (AvgIpc) is 2.86. The van der Waals surface area contributed by atoms with E-state index in [0.29, 0.717) is 28.8 Å². The van der Waals surface area contributed by atoms with Crippen molar-refractivity contribution in [1.29, 1.82) is 0 Å². The van der Waals surface area contributed by atoms with Crippen LogP contribution in [0.2, 0.25) is 5.02 Å². The Kier molecular flexibility index (Phi) is 10.2. The van der Waals surface area contributed by atoms with E-state index in [1.165, 1.54) is 18.2 Å². The maximum absolute atomic E-state index is 13.7. The molecule has 2 N–H and O–H groups in total. The summed E-state index contributed by atoms with van der Waals surface area (Å²) in [6.07, 6.45) is 0.0540. The highest BCUT2D eigenvalue weighted by Crippen LogP contribution is 2.34. The first-order valence-corrected chi connectivity index (χ1v) is 13.8. The number of hydrogen-bond donors (Lipinski definition) is 2. The molecule has 3 rings (SSSR count). The summed E-state index contributed by atoms with van der Waals surface area (Å²) in [5, 5.41) is 12.2. The molecule has 8 nitrogen and oxygen atoms in total. The third kappa shape index (κ3) is 8.54. The van der Waals surface area contributed by atoms with Gasteiger partial charge >= 0.3 is 18.0 Å². The van der Waals surface area contributed by atoms with Crippen molar-refractivity contribution in [3.05, 3.63) is 86.7 Å². The second kappa shape index (κ2) is 13.2. The molecule has 0 spiro atoms. The highest BCUT2D eigenvalue weighted by atomic mass is 35.5. The van der Waals surface area contributed by atoms with Gasteiger partial charge in [-0.15, -0.1) is 0 Å². The van der Waals surface area contributed by atoms with Gasteiger partial charge in [-0.3, -0.25) is 4.98 Å². The number of nitrogens with one attached hydrogen (secondary N) is 1. The topological polar surface area (TPSA) is 115 Å². The van der Waals surface area contributed by atoms with Gasteiger partial charge in [0.2, 0.25) is 0 Å². The number of aromatic nitrogens is 1. The summed E-state index contributed by atoms with van der Waals surface area (Å²) in [4.78, 5) is 42.4. The number of carbonyl (C=O) groups excluding carboxylic acids is 2. The van der Waals surface area contributed by atoms with Crippen LogP contribution in [0.5, 0.6) is 0 Å². The lowest BCUT2D eigenvalue weighted by atomic mass is 9.89. The van der Waals surface area contributed by atoms with Crippen LogP contribution in [0.4, 0.5) is 4.79 Å². The predicted molar refractivity (Wildman–Crippen MR) is 158 cm³/mol. The number of amides is 1. The molecule has 2 aromatic carbocycles. The molecule has 0 radical (unpaired) electrons. The zero-order valence-electron chi connectivity index (χ0n) is 24.6. The quantitative estimate of drug-likeness (QED) is 0.255. The molecule has 1 aromatic heterocycles. The fraction of sp³-hybridized carbons (Fsp3) is 0.375. The lowest BCUT2D eigenvalue weighted by Gasteiger charge is -2.23. The van der Waals surface area contributed by atoms with E-state index >= 15 is 0 Å². The van der Waals surface area contributed by atoms with E-state index in [9.17, 15) is 19.5 Å². The van der Waals surface area contributed by atoms with Crippen LogP contribution >= 0.6 is 11.6 Å². The fourth-order valence-corrected chi connectivity index (χ4v) is 4.56. The van der Waals surface area contributed by atoms with E-state index < -0.39 is 23.6 Å². The first kappa shape index (κ1) is 31.6. The molecular weight excluding hydrogens is 544 g/mol. The van der Waals surface area contributed by atoms with E-state index in [0.717, 1.165) is 16.8 Å². The molecule has 41 heavy (non-hydrogen) atoms. The molecule has 0 atom stereocenters. The molecule has 0 unspecified atom stereocenters. The minimum Gasteiger partial charge on any atom is -0.478 e. The molecule has 218 valence electrons. The number of carboxylic acids is 1. The summed E-state index contributed by atoms with van der Waals surface area (Å²) in [5.74, 6) is -1.45. The number of carbonyl (C=O) groups is 3. The Labute approximate surface area is 246 Å². The minimum absolute atomic E-state index is 0.0367. The molecular formula is C32H37ClN2O6. The van der Waals surface area contributed by atoms with Gasteiger partial charge in [-0.1, -0.05) is 61.3 Å². The first-order chi connectivity index (χ1) is 19.2. The van der Waals surface area contributed by atoms with Crippen molar-refractivity contribution in [2.24, 2.45) is 5.92 Å². The monoisotopic (exact) mass is 580 g/mol. The van der Waals surface area contributed by atoms with Crippen molar-refractivity contribution in [3.8, 4) is 11.1 Å². The molecule has 0 saturated carbocycles. The van der Waals surface area contributed by atoms with Gasteiger partial charge in [0.15, 0.2) is 0 Å². The number of benzene rings is 2. The molecule has 0 bridgehead atoms. The van der Waals surface area contributed by atoms with Crippen molar-refractivity contribution in [2.75, 3.05) is 0 Å². The van der Waals surface area contributed by atoms with Gasteiger partial charge in [-0.2, -0.15) is 0 Å². The van der Waals surface area contributed by atoms with Gasteiger partial charge in [0.25, 0.3) is 0 Å². The average molecular weight is 581 g/mol. The summed E-state index contributed by atoms with van der Waals surface area (Å²) in [6, 6.07) is 12.0. The molecule has 9 heteroatoms. The van der Waals surface area contributed by atoms with Gasteiger partial charge in [0.1, 0.15) is 12.2 Å². The third-order valence-corrected chi connectivity index (χ3v) is 6.53. The minimum atomic E-state index is -1.10. The van der Waals surface area contributed by atoms with Crippen molar-refractivity contribution in [2.45, 2.75) is 73.6 Å². The molecule has 0 aliphatic rings. The molecule has 3 aromatic rings. The lowest BCUT2D eigenvalue weighted by molar-refractivity contribution is 0.0470. The Morgan fingerprint density at radius 1 is 1.05 bits per heavy atom. The number of aromatic carboxylic acids is 1. The van der Waals surface area contributed by atoms with Gasteiger partial charge < -0.3 is 19.9 Å². The molecule has 0 aliphatic heterocycles. The van der Waals surface area contributed by atoms with Crippen molar-refractivity contribution < 1.29 is 29.0 Å². The van der Waals surface area contributed by atoms with Gasteiger partial charge in [0.05, 0.1) is 16.8 Å². The molecule has 0 fully saturated rings. The largest absolute Gasteiger partial charge is 0.478 e. The summed E-state index contributed by atoms with van der Waals surface area (Å²) in [7, 11) is 0. The second-order valence-electron chi connectivity index (χ2n) is 11.4. The van der Waals surface area contributed by atoms with E-state index in [-0.39, 0.29) is 35.2 Å². The van der Waals surface area contributed by atoms with Crippen molar-refractivity contribution in [3.63, 3.8) is 0 Å². The Bertz CT molecular complexity index is 1440. The van der Waals surface area contributed by atoms with Gasteiger partial charge in [-0.25, -0.2) is 14.4 Å². The van der Waals surface area contributed by atoms with Crippen LogP contribution in [0.15, 0.2) is 42.5 Å². The maximum atomic E-state index is 13.7. The van der Waals surface area contributed by atoms with Crippen LogP contribution in [-0.4, -0.2) is 33.7 Å². The summed E-state index contributed by atoms with van der Waals surface area (Å²) < 4.78 is 11.2. The number of pyridine rings is 1. The zero-order chi connectivity index (χ0) is 30.5. The molecule has 0 saturated heterocycles. The zero-order valence-corrected chi connectivity index (χ0v) is 25.3. The lowest BCUT2D eigenvalue weighted by Crippen LogP contribution is -2.32. The number of carboxylic acid groups (broad SMARTS) is 1. The summed E-state index contributed by atoms with van der Waals surface area (Å²) in [5.41, 5.74) is 4.54. The van der Waals surface area contributed by atoms with Gasteiger partial charge in [0, 0.05) is 34.0 Å². The maximum Gasteiger partial charge on any atom is 0.407 e. The Morgan fingerprint density at radius 2 is 1.71 bits per heavy atom. The van der Waals surface area contributed by atoms with Crippen LogP contribution in [-0.2, 0) is 29.0 Å². The predicted octanol–water partition coefficient (Wildman–Crippen LogP) is 7.30. The number of esters is 1.